The number of hydrogen-bond acceptors (Lipinski definition) is 3. The number of nitrogens with one attached hydrogen (secondary N) is 1. The van der Waals surface area contributed by atoms with Crippen molar-refractivity contribution >= 4 is 46.7 Å². The van der Waals surface area contributed by atoms with Gasteiger partial charge in [0.2, 0.25) is 0 Å². The monoisotopic (exact) mass is 322 g/mol. The standard InChI is InChI=1S/C11H9Cl3N2O3/c12-5-3-15-8(7(14)6(5)13)9(17)16-4-11(1-2-11)10(18)19/h3H,1-2,4H2,(H,16,17)(H,18,19). The molecule has 1 saturated carbocycles. The highest BCUT2D eigenvalue weighted by Gasteiger charge is 2.50. The maximum atomic E-state index is 11.9. The maximum Gasteiger partial charge on any atom is 0.311 e. The molecule has 1 heterocycles. The van der Waals surface area contributed by atoms with Gasteiger partial charge in [-0.3, -0.25) is 9.59 Å². The molecule has 0 saturated heterocycles. The Morgan fingerprint density at radius 2 is 1.95 bits per heavy atom. The van der Waals surface area contributed by atoms with Crippen LogP contribution < -0.4 is 5.32 Å². The van der Waals surface area contributed by atoms with Crippen molar-refractivity contribution in [1.82, 2.24) is 10.3 Å². The largest absolute Gasteiger partial charge is 0.481 e. The molecule has 19 heavy (non-hydrogen) atoms. The number of nitrogens with zero attached hydrogens (tertiary/aromatic N) is 1. The van der Waals surface area contributed by atoms with E-state index in [2.05, 4.69) is 10.3 Å². The van der Waals surface area contributed by atoms with Crippen molar-refractivity contribution in [3.63, 3.8) is 0 Å². The lowest BCUT2D eigenvalue weighted by Gasteiger charge is -2.11. The predicted octanol–water partition coefficient (Wildman–Crippen LogP) is 2.64. The first kappa shape index (κ1) is 14.4. The minimum atomic E-state index is -0.916. The molecule has 0 radical (unpaired) electrons. The van der Waals surface area contributed by atoms with E-state index in [0.29, 0.717) is 12.8 Å². The molecule has 1 amide bonds. The first-order valence-electron chi connectivity index (χ1n) is 5.38. The minimum Gasteiger partial charge on any atom is -0.481 e. The number of rotatable bonds is 4. The van der Waals surface area contributed by atoms with Gasteiger partial charge in [-0.05, 0) is 12.8 Å². The number of pyridine rings is 1. The topological polar surface area (TPSA) is 79.3 Å². The van der Waals surface area contributed by atoms with Crippen LogP contribution in [0.5, 0.6) is 0 Å². The van der Waals surface area contributed by atoms with Crippen LogP contribution in [0.25, 0.3) is 0 Å². The summed E-state index contributed by atoms with van der Waals surface area (Å²) in [6.45, 7) is 0.0411. The Morgan fingerprint density at radius 1 is 1.32 bits per heavy atom. The van der Waals surface area contributed by atoms with Crippen LogP contribution in [0, 0.1) is 5.41 Å². The average molecular weight is 324 g/mol. The number of amides is 1. The molecule has 0 aliphatic heterocycles. The van der Waals surface area contributed by atoms with Crippen molar-refractivity contribution < 1.29 is 14.7 Å². The first-order chi connectivity index (χ1) is 8.87. The second-order valence-corrected chi connectivity index (χ2v) is 5.51. The number of carbonyl (C=O) groups is 2. The third-order valence-corrected chi connectivity index (χ3v) is 4.27. The van der Waals surface area contributed by atoms with Crippen LogP contribution >= 0.6 is 34.8 Å². The first-order valence-corrected chi connectivity index (χ1v) is 6.52. The second-order valence-electron chi connectivity index (χ2n) is 4.35. The SMILES string of the molecule is O=C(NCC1(C(=O)O)CC1)c1ncc(Cl)c(Cl)c1Cl. The van der Waals surface area contributed by atoms with E-state index in [4.69, 9.17) is 39.9 Å². The van der Waals surface area contributed by atoms with Crippen LogP contribution in [-0.4, -0.2) is 28.5 Å². The number of aromatic nitrogens is 1. The molecular formula is C11H9Cl3N2O3. The fourth-order valence-electron chi connectivity index (χ4n) is 1.55. The fraction of sp³-hybridized carbons (Fsp3) is 0.364. The zero-order valence-electron chi connectivity index (χ0n) is 9.54. The van der Waals surface area contributed by atoms with E-state index in [1.54, 1.807) is 0 Å². The van der Waals surface area contributed by atoms with Gasteiger partial charge in [0.15, 0.2) is 0 Å². The Bertz CT molecular complexity index is 558. The number of carboxylic acids is 1. The average Bonchev–Trinajstić information content (AvgIpc) is 3.14. The molecule has 0 unspecified atom stereocenters. The normalized spacial score (nSPS) is 15.9. The van der Waals surface area contributed by atoms with E-state index in [1.165, 1.54) is 6.20 Å². The molecule has 0 spiro atoms. The maximum absolute atomic E-state index is 11.9. The van der Waals surface area contributed by atoms with Crippen LogP contribution in [0.1, 0.15) is 23.3 Å². The summed E-state index contributed by atoms with van der Waals surface area (Å²) >= 11 is 17.4. The fourth-order valence-corrected chi connectivity index (χ4v) is 2.12. The van der Waals surface area contributed by atoms with Gasteiger partial charge in [0.05, 0.1) is 20.5 Å². The van der Waals surface area contributed by atoms with E-state index >= 15 is 0 Å². The third-order valence-electron chi connectivity index (χ3n) is 3.03. The number of aliphatic carboxylic acids is 1. The predicted molar refractivity (Wildman–Crippen MR) is 70.9 cm³/mol. The lowest BCUT2D eigenvalue weighted by Crippen LogP contribution is -2.34. The zero-order valence-corrected chi connectivity index (χ0v) is 11.8. The van der Waals surface area contributed by atoms with E-state index in [9.17, 15) is 9.59 Å². The summed E-state index contributed by atoms with van der Waals surface area (Å²) in [6.07, 6.45) is 2.31. The van der Waals surface area contributed by atoms with Crippen molar-refractivity contribution in [2.75, 3.05) is 6.54 Å². The van der Waals surface area contributed by atoms with E-state index in [1.807, 2.05) is 0 Å². The third kappa shape index (κ3) is 2.78. The van der Waals surface area contributed by atoms with Gasteiger partial charge in [-0.25, -0.2) is 4.98 Å². The lowest BCUT2D eigenvalue weighted by molar-refractivity contribution is -0.143. The Balaban J connectivity index is 2.09. The van der Waals surface area contributed by atoms with Crippen LogP contribution in [-0.2, 0) is 4.79 Å². The van der Waals surface area contributed by atoms with Crippen LogP contribution in [0.15, 0.2) is 6.20 Å². The Morgan fingerprint density at radius 3 is 2.47 bits per heavy atom. The molecule has 1 aliphatic carbocycles. The van der Waals surface area contributed by atoms with Crippen molar-refractivity contribution in [3.05, 3.63) is 27.0 Å². The molecule has 1 aliphatic rings. The summed E-state index contributed by atoms with van der Waals surface area (Å²) in [4.78, 5) is 26.6. The summed E-state index contributed by atoms with van der Waals surface area (Å²) in [6, 6.07) is 0. The number of halogens is 3. The van der Waals surface area contributed by atoms with Gasteiger partial charge in [0, 0.05) is 12.7 Å². The zero-order chi connectivity index (χ0) is 14.2. The van der Waals surface area contributed by atoms with Crippen molar-refractivity contribution in [1.29, 1.82) is 0 Å². The highest BCUT2D eigenvalue weighted by molar-refractivity contribution is 6.48. The molecule has 1 fully saturated rings. The van der Waals surface area contributed by atoms with E-state index < -0.39 is 17.3 Å². The number of carbonyl (C=O) groups excluding carboxylic acids is 1. The van der Waals surface area contributed by atoms with Gasteiger partial charge in [-0.15, -0.1) is 0 Å². The summed E-state index contributed by atoms with van der Waals surface area (Å²) < 4.78 is 0. The van der Waals surface area contributed by atoms with Gasteiger partial charge in [-0.1, -0.05) is 34.8 Å². The van der Waals surface area contributed by atoms with Gasteiger partial charge >= 0.3 is 5.97 Å². The Kier molecular flexibility index (Phi) is 3.90. The van der Waals surface area contributed by atoms with Crippen molar-refractivity contribution in [2.45, 2.75) is 12.8 Å². The molecular weight excluding hydrogens is 314 g/mol. The quantitative estimate of drug-likeness (QED) is 0.892. The van der Waals surface area contributed by atoms with Crippen LogP contribution in [0.2, 0.25) is 15.1 Å². The summed E-state index contributed by atoms with van der Waals surface area (Å²) in [5.41, 5.74) is -0.921. The molecule has 102 valence electrons. The highest BCUT2D eigenvalue weighted by Crippen LogP contribution is 2.45. The molecule has 1 aromatic rings. The van der Waals surface area contributed by atoms with Crippen molar-refractivity contribution in [2.24, 2.45) is 5.41 Å². The van der Waals surface area contributed by atoms with Gasteiger partial charge in [0.1, 0.15) is 5.69 Å². The Labute approximate surface area is 123 Å². The summed E-state index contributed by atoms with van der Waals surface area (Å²) in [7, 11) is 0. The lowest BCUT2D eigenvalue weighted by atomic mass is 10.1. The smallest absolute Gasteiger partial charge is 0.311 e. The van der Waals surface area contributed by atoms with Gasteiger partial charge < -0.3 is 10.4 Å². The molecule has 2 rings (SSSR count). The molecule has 5 nitrogen and oxygen atoms in total. The van der Waals surface area contributed by atoms with E-state index in [-0.39, 0.29) is 27.3 Å². The van der Waals surface area contributed by atoms with Crippen molar-refractivity contribution in [3.8, 4) is 0 Å². The van der Waals surface area contributed by atoms with Gasteiger partial charge in [0.25, 0.3) is 5.91 Å². The highest BCUT2D eigenvalue weighted by atomic mass is 35.5. The molecule has 0 aromatic carbocycles. The van der Waals surface area contributed by atoms with Gasteiger partial charge in [-0.2, -0.15) is 0 Å². The number of hydrogen-bond donors (Lipinski definition) is 2. The molecule has 8 heteroatoms. The molecule has 0 bridgehead atoms. The molecule has 0 atom stereocenters. The molecule has 2 N–H and O–H groups in total. The van der Waals surface area contributed by atoms with Crippen LogP contribution in [0.4, 0.5) is 0 Å². The second kappa shape index (κ2) is 5.15. The van der Waals surface area contributed by atoms with E-state index in [0.717, 1.165) is 0 Å². The number of carboxylic acid groups (broad SMARTS) is 1. The molecule has 1 aromatic heterocycles. The van der Waals surface area contributed by atoms with Crippen LogP contribution in [0.3, 0.4) is 0 Å². The Hall–Kier alpha value is -1.04. The summed E-state index contributed by atoms with van der Waals surface area (Å²) in [5, 5.41) is 11.6. The summed E-state index contributed by atoms with van der Waals surface area (Å²) in [5.74, 6) is -1.49. The minimum absolute atomic E-state index is 0.0411.